The molecule has 0 unspecified atom stereocenters. The lowest BCUT2D eigenvalue weighted by atomic mass is 10.2. The van der Waals surface area contributed by atoms with Gasteiger partial charge in [0, 0.05) is 11.3 Å². The summed E-state index contributed by atoms with van der Waals surface area (Å²) in [6.07, 6.45) is 5.79. The van der Waals surface area contributed by atoms with Gasteiger partial charge in [0.25, 0.3) is 0 Å². The molecule has 8 nitrogen and oxygen atoms in total. The minimum atomic E-state index is -0.624. The molecule has 0 heterocycles. The van der Waals surface area contributed by atoms with Gasteiger partial charge in [-0.05, 0) is 24.8 Å². The molecule has 6 N–H and O–H groups in total. The molecule has 0 aromatic heterocycles. The molecular formula is C12H19N5O3. The maximum Gasteiger partial charge on any atom is 0.302 e. The predicted octanol–water partition coefficient (Wildman–Crippen LogP) is 0.203. The highest BCUT2D eigenvalue weighted by molar-refractivity contribution is 5.75. The van der Waals surface area contributed by atoms with E-state index in [2.05, 4.69) is 4.99 Å². The predicted molar refractivity (Wildman–Crippen MR) is 75.8 cm³/mol. The van der Waals surface area contributed by atoms with Crippen molar-refractivity contribution in [1.82, 2.24) is 0 Å². The first kappa shape index (κ1) is 15.5. The largest absolute Gasteiger partial charge is 0.482 e. The van der Waals surface area contributed by atoms with Crippen LogP contribution in [0, 0.1) is 16.0 Å². The van der Waals surface area contributed by atoms with E-state index in [-0.39, 0.29) is 18.1 Å². The summed E-state index contributed by atoms with van der Waals surface area (Å²) in [5, 5.41) is 10.5. The third-order valence-electron chi connectivity index (χ3n) is 2.79. The zero-order valence-corrected chi connectivity index (χ0v) is 11.3. The molecule has 0 spiro atoms. The van der Waals surface area contributed by atoms with Crippen LogP contribution in [0.25, 0.3) is 0 Å². The fourth-order valence-electron chi connectivity index (χ4n) is 1.45. The van der Waals surface area contributed by atoms with E-state index in [9.17, 15) is 10.1 Å². The second-order valence-electron chi connectivity index (χ2n) is 4.33. The number of ether oxygens (including phenoxy) is 1. The number of allylic oxidation sites excluding steroid dienone is 2. The molecular weight excluding hydrogens is 262 g/mol. The molecule has 1 aliphatic rings. The number of nitrogens with zero attached hydrogens (tertiary/aromatic N) is 2. The maximum atomic E-state index is 10.5. The van der Waals surface area contributed by atoms with Gasteiger partial charge in [0.1, 0.15) is 6.21 Å². The second kappa shape index (κ2) is 7.17. The molecule has 0 aromatic carbocycles. The van der Waals surface area contributed by atoms with E-state index in [0.29, 0.717) is 11.5 Å². The number of nitro groups is 1. The summed E-state index contributed by atoms with van der Waals surface area (Å²) in [5.41, 5.74) is 17.7. The zero-order chi connectivity index (χ0) is 15.1. The Morgan fingerprint density at radius 1 is 1.50 bits per heavy atom. The van der Waals surface area contributed by atoms with Gasteiger partial charge < -0.3 is 21.9 Å². The Labute approximate surface area is 116 Å². The first-order valence-corrected chi connectivity index (χ1v) is 6.05. The normalized spacial score (nSPS) is 18.1. The first-order chi connectivity index (χ1) is 9.49. The van der Waals surface area contributed by atoms with Crippen molar-refractivity contribution >= 4 is 6.21 Å². The van der Waals surface area contributed by atoms with Gasteiger partial charge in [0.05, 0.1) is 24.8 Å². The molecule has 0 bridgehead atoms. The highest BCUT2D eigenvalue weighted by Gasteiger charge is 2.24. The number of methoxy groups -OCH3 is 1. The van der Waals surface area contributed by atoms with Crippen LogP contribution < -0.4 is 17.2 Å². The van der Waals surface area contributed by atoms with Crippen molar-refractivity contribution in [3.63, 3.8) is 0 Å². The molecule has 0 amide bonds. The third kappa shape index (κ3) is 4.63. The summed E-state index contributed by atoms with van der Waals surface area (Å²) in [7, 11) is 1.43. The smallest absolute Gasteiger partial charge is 0.302 e. The van der Waals surface area contributed by atoms with Crippen LogP contribution in [0.2, 0.25) is 0 Å². The molecule has 1 fully saturated rings. The lowest BCUT2D eigenvalue weighted by Crippen LogP contribution is -2.09. The standard InChI is InChI=1S/C12H19N5O3/c1-20-12(15)9(4-11(14)8-2-3-8)6-16-7-10(5-13)17(18)19/h4-5,7-8H,2-3,6,13-15H2,1H3/b10-5?,11-4-,12-9-,16-7?. The molecule has 1 aliphatic carbocycles. The average Bonchev–Trinajstić information content (AvgIpc) is 3.25. The number of rotatable bonds is 7. The fourth-order valence-corrected chi connectivity index (χ4v) is 1.45. The van der Waals surface area contributed by atoms with E-state index in [1.165, 1.54) is 7.11 Å². The van der Waals surface area contributed by atoms with Crippen molar-refractivity contribution in [2.24, 2.45) is 28.1 Å². The Morgan fingerprint density at radius 2 is 2.15 bits per heavy atom. The van der Waals surface area contributed by atoms with E-state index in [1.54, 1.807) is 6.08 Å². The van der Waals surface area contributed by atoms with Crippen LogP contribution in [0.15, 0.2) is 40.1 Å². The van der Waals surface area contributed by atoms with Crippen LogP contribution in [0.5, 0.6) is 0 Å². The molecule has 0 atom stereocenters. The highest BCUT2D eigenvalue weighted by atomic mass is 16.6. The Kier molecular flexibility index (Phi) is 5.57. The van der Waals surface area contributed by atoms with E-state index >= 15 is 0 Å². The van der Waals surface area contributed by atoms with Crippen LogP contribution in [-0.2, 0) is 4.74 Å². The number of hydrogen-bond donors (Lipinski definition) is 3. The minimum Gasteiger partial charge on any atom is -0.482 e. The maximum absolute atomic E-state index is 10.5. The van der Waals surface area contributed by atoms with Crippen LogP contribution in [0.1, 0.15) is 12.8 Å². The van der Waals surface area contributed by atoms with Gasteiger partial charge in [-0.1, -0.05) is 0 Å². The summed E-state index contributed by atoms with van der Waals surface area (Å²) in [6, 6.07) is 0. The van der Waals surface area contributed by atoms with E-state index in [1.807, 2.05) is 0 Å². The van der Waals surface area contributed by atoms with Gasteiger partial charge in [0.2, 0.25) is 0 Å². The first-order valence-electron chi connectivity index (χ1n) is 6.05. The molecule has 1 rings (SSSR count). The van der Waals surface area contributed by atoms with Gasteiger partial charge in [-0.2, -0.15) is 0 Å². The van der Waals surface area contributed by atoms with Gasteiger partial charge in [-0.15, -0.1) is 0 Å². The summed E-state index contributed by atoms with van der Waals surface area (Å²) in [4.78, 5) is 13.9. The highest BCUT2D eigenvalue weighted by Crippen LogP contribution is 2.34. The Morgan fingerprint density at radius 3 is 2.60 bits per heavy atom. The van der Waals surface area contributed by atoms with Gasteiger partial charge in [0.15, 0.2) is 5.88 Å². The van der Waals surface area contributed by atoms with Crippen molar-refractivity contribution in [3.8, 4) is 0 Å². The number of nitrogens with two attached hydrogens (primary N) is 3. The van der Waals surface area contributed by atoms with E-state index < -0.39 is 4.92 Å². The zero-order valence-electron chi connectivity index (χ0n) is 11.3. The summed E-state index contributed by atoms with van der Waals surface area (Å²) >= 11 is 0. The van der Waals surface area contributed by atoms with Gasteiger partial charge >= 0.3 is 5.70 Å². The van der Waals surface area contributed by atoms with Crippen molar-refractivity contribution in [1.29, 1.82) is 0 Å². The van der Waals surface area contributed by atoms with Crippen molar-refractivity contribution in [3.05, 3.63) is 45.2 Å². The molecule has 0 aliphatic heterocycles. The average molecular weight is 281 g/mol. The molecule has 0 saturated heterocycles. The molecule has 0 aromatic rings. The lowest BCUT2D eigenvalue weighted by Gasteiger charge is -2.06. The summed E-state index contributed by atoms with van der Waals surface area (Å²) < 4.78 is 4.95. The number of hydrogen-bond acceptors (Lipinski definition) is 7. The van der Waals surface area contributed by atoms with Gasteiger partial charge in [-0.3, -0.25) is 15.1 Å². The Bertz CT molecular complexity index is 489. The molecule has 20 heavy (non-hydrogen) atoms. The van der Waals surface area contributed by atoms with Crippen LogP contribution in [0.3, 0.4) is 0 Å². The van der Waals surface area contributed by atoms with E-state index in [4.69, 9.17) is 21.9 Å². The SMILES string of the molecule is CO/C(N)=C(/C=C(\N)C1CC1)CN=CC(=CN)[N+](=O)[O-]. The van der Waals surface area contributed by atoms with Crippen molar-refractivity contribution in [2.45, 2.75) is 12.8 Å². The van der Waals surface area contributed by atoms with Crippen molar-refractivity contribution < 1.29 is 9.66 Å². The van der Waals surface area contributed by atoms with Gasteiger partial charge in [-0.25, -0.2) is 0 Å². The van der Waals surface area contributed by atoms with Crippen LogP contribution >= 0.6 is 0 Å². The third-order valence-corrected chi connectivity index (χ3v) is 2.79. The molecule has 110 valence electrons. The van der Waals surface area contributed by atoms with Crippen LogP contribution in [0.4, 0.5) is 0 Å². The fraction of sp³-hybridized carbons (Fsp3) is 0.417. The summed E-state index contributed by atoms with van der Waals surface area (Å²) in [6.45, 7) is 0.123. The second-order valence-corrected chi connectivity index (χ2v) is 4.33. The van der Waals surface area contributed by atoms with Crippen molar-refractivity contribution in [2.75, 3.05) is 13.7 Å². The monoisotopic (exact) mass is 281 g/mol. The van der Waals surface area contributed by atoms with Crippen LogP contribution in [-0.4, -0.2) is 24.8 Å². The Balaban J connectivity index is 2.79. The van der Waals surface area contributed by atoms with E-state index in [0.717, 1.165) is 31.0 Å². The lowest BCUT2D eigenvalue weighted by molar-refractivity contribution is -0.414. The Hall–Kier alpha value is -2.51. The molecule has 1 saturated carbocycles. The molecule has 8 heteroatoms. The summed E-state index contributed by atoms with van der Waals surface area (Å²) in [5.74, 6) is 0.571. The quantitative estimate of drug-likeness (QED) is 0.200. The topological polar surface area (TPSA) is 143 Å². The number of aliphatic imine (C=N–C) groups is 1. The molecule has 0 radical (unpaired) electrons. The minimum absolute atomic E-state index is 0.123.